The normalized spacial score (nSPS) is 15.1. The van der Waals surface area contributed by atoms with Crippen LogP contribution in [0.4, 0.5) is 0 Å². The average molecular weight is 479 g/mol. The predicted octanol–water partition coefficient (Wildman–Crippen LogP) is 5.11. The Bertz CT molecular complexity index is 1190. The van der Waals surface area contributed by atoms with E-state index in [9.17, 15) is 9.59 Å². The Hall–Kier alpha value is -3.65. The van der Waals surface area contributed by atoms with Gasteiger partial charge in [0, 0.05) is 18.4 Å². The van der Waals surface area contributed by atoms with Gasteiger partial charge in [-0.25, -0.2) is 5.01 Å². The summed E-state index contributed by atoms with van der Waals surface area (Å²) in [7, 11) is 3.17. The van der Waals surface area contributed by atoms with Crippen molar-refractivity contribution in [2.24, 2.45) is 5.10 Å². The molecule has 2 heterocycles. The van der Waals surface area contributed by atoms with Gasteiger partial charge in [0.25, 0.3) is 5.91 Å². The van der Waals surface area contributed by atoms with E-state index < -0.39 is 0 Å². The van der Waals surface area contributed by atoms with Crippen molar-refractivity contribution in [3.8, 4) is 17.2 Å². The quantitative estimate of drug-likeness (QED) is 0.399. The van der Waals surface area contributed by atoms with Crippen LogP contribution in [0.15, 0.2) is 65.1 Å². The fraction of sp³-hybridized carbons (Fsp3) is 0.269. The molecule has 7 nitrogen and oxygen atoms in total. The van der Waals surface area contributed by atoms with Crippen LogP contribution in [-0.4, -0.2) is 43.2 Å². The molecular formula is C26H26N2O5S. The van der Waals surface area contributed by atoms with Crippen LogP contribution < -0.4 is 14.2 Å². The molecule has 1 aromatic heterocycles. The van der Waals surface area contributed by atoms with Gasteiger partial charge in [-0.15, -0.1) is 11.3 Å². The third-order valence-corrected chi connectivity index (χ3v) is 6.54. The van der Waals surface area contributed by atoms with Gasteiger partial charge in [0.2, 0.25) is 0 Å². The van der Waals surface area contributed by atoms with Gasteiger partial charge >= 0.3 is 0 Å². The molecule has 0 fully saturated rings. The average Bonchev–Trinajstić information content (AvgIpc) is 3.57. The molecule has 176 valence electrons. The summed E-state index contributed by atoms with van der Waals surface area (Å²) >= 11 is 1.59. The molecule has 1 amide bonds. The Kier molecular flexibility index (Phi) is 7.27. The molecule has 1 aliphatic heterocycles. The van der Waals surface area contributed by atoms with Crippen molar-refractivity contribution < 1.29 is 23.8 Å². The predicted molar refractivity (Wildman–Crippen MR) is 131 cm³/mol. The smallest absolute Gasteiger partial charge is 0.281 e. The Morgan fingerprint density at radius 3 is 2.47 bits per heavy atom. The Labute approximate surface area is 202 Å². The van der Waals surface area contributed by atoms with Crippen LogP contribution in [0, 0.1) is 0 Å². The second kappa shape index (κ2) is 10.5. The van der Waals surface area contributed by atoms with Crippen molar-refractivity contribution in [2.45, 2.75) is 25.8 Å². The largest absolute Gasteiger partial charge is 0.493 e. The van der Waals surface area contributed by atoms with Gasteiger partial charge in [0.05, 0.1) is 30.9 Å². The van der Waals surface area contributed by atoms with Crippen molar-refractivity contribution in [1.29, 1.82) is 0 Å². The highest BCUT2D eigenvalue weighted by atomic mass is 32.1. The number of hydrogen-bond donors (Lipinski definition) is 0. The Morgan fingerprint density at radius 1 is 1.06 bits per heavy atom. The number of ether oxygens (including phenoxy) is 3. The highest BCUT2D eigenvalue weighted by Crippen LogP contribution is 2.38. The number of benzene rings is 2. The maximum atomic E-state index is 13.2. The summed E-state index contributed by atoms with van der Waals surface area (Å²) in [4.78, 5) is 26.0. The van der Waals surface area contributed by atoms with E-state index in [0.29, 0.717) is 35.7 Å². The molecule has 34 heavy (non-hydrogen) atoms. The minimum absolute atomic E-state index is 0.0629. The zero-order valence-corrected chi connectivity index (χ0v) is 20.1. The van der Waals surface area contributed by atoms with E-state index in [1.807, 2.05) is 42.6 Å². The van der Waals surface area contributed by atoms with Crippen LogP contribution in [0.25, 0.3) is 0 Å². The van der Waals surface area contributed by atoms with Gasteiger partial charge in [-0.05, 0) is 53.4 Å². The van der Waals surface area contributed by atoms with Crippen LogP contribution >= 0.6 is 11.3 Å². The van der Waals surface area contributed by atoms with Crippen molar-refractivity contribution in [1.82, 2.24) is 5.01 Å². The number of carbonyl (C=O) groups excluding carboxylic acids is 2. The lowest BCUT2D eigenvalue weighted by Gasteiger charge is -2.23. The van der Waals surface area contributed by atoms with E-state index in [1.54, 1.807) is 49.8 Å². The zero-order valence-electron chi connectivity index (χ0n) is 19.3. The molecule has 2 aromatic carbocycles. The second-order valence-corrected chi connectivity index (χ2v) is 8.63. The number of methoxy groups -OCH3 is 2. The number of amides is 1. The highest BCUT2D eigenvalue weighted by Gasteiger charge is 2.34. The summed E-state index contributed by atoms with van der Waals surface area (Å²) in [6, 6.07) is 16.1. The van der Waals surface area contributed by atoms with E-state index in [1.165, 1.54) is 5.01 Å². The van der Waals surface area contributed by atoms with Gasteiger partial charge in [-0.1, -0.05) is 19.1 Å². The summed E-state index contributed by atoms with van der Waals surface area (Å²) in [6.07, 6.45) is 1.02. The number of hydrazone groups is 1. The molecule has 8 heteroatoms. The first kappa shape index (κ1) is 23.5. The molecule has 0 spiro atoms. The van der Waals surface area contributed by atoms with Gasteiger partial charge in [-0.2, -0.15) is 5.10 Å². The molecule has 0 saturated heterocycles. The number of hydrogen-bond acceptors (Lipinski definition) is 7. The number of ketones is 1. The van der Waals surface area contributed by atoms with Gasteiger partial charge in [0.1, 0.15) is 5.75 Å². The third kappa shape index (κ3) is 4.97. The highest BCUT2D eigenvalue weighted by molar-refractivity contribution is 7.12. The summed E-state index contributed by atoms with van der Waals surface area (Å²) in [5, 5.41) is 8.14. The fourth-order valence-electron chi connectivity index (χ4n) is 3.80. The minimum atomic E-state index is -0.294. The van der Waals surface area contributed by atoms with E-state index in [2.05, 4.69) is 5.10 Å². The van der Waals surface area contributed by atoms with Crippen molar-refractivity contribution in [3.63, 3.8) is 0 Å². The van der Waals surface area contributed by atoms with Gasteiger partial charge in [0.15, 0.2) is 23.9 Å². The fourth-order valence-corrected chi connectivity index (χ4v) is 4.52. The van der Waals surface area contributed by atoms with E-state index in [-0.39, 0.29) is 24.3 Å². The van der Waals surface area contributed by atoms with Crippen LogP contribution in [0.1, 0.15) is 46.6 Å². The summed E-state index contributed by atoms with van der Waals surface area (Å²) in [5.74, 6) is 1.53. The molecule has 0 unspecified atom stereocenters. The van der Waals surface area contributed by atoms with E-state index in [0.717, 1.165) is 16.2 Å². The second-order valence-electron chi connectivity index (χ2n) is 7.69. The number of nitrogens with zero attached hydrogens (tertiary/aromatic N) is 2. The molecule has 0 saturated carbocycles. The first-order valence-corrected chi connectivity index (χ1v) is 11.8. The SMILES string of the molecule is CCC(=O)c1ccc(OCC(=O)N2N=C(c3cccs3)C[C@@H]2c2ccc(OC)c(OC)c2)cc1. The lowest BCUT2D eigenvalue weighted by molar-refractivity contribution is -0.135. The minimum Gasteiger partial charge on any atom is -0.493 e. The molecule has 0 radical (unpaired) electrons. The standard InChI is InChI=1S/C26H26N2O5S/c1-4-22(29)17-7-10-19(11-8-17)33-16-26(30)28-21(15-20(27-28)25-6-5-13-34-25)18-9-12-23(31-2)24(14-18)32-3/h5-14,21H,4,15-16H2,1-3H3/t21-/m1/s1. The van der Waals surface area contributed by atoms with Crippen LogP contribution in [0.3, 0.4) is 0 Å². The number of rotatable bonds is 9. The zero-order chi connectivity index (χ0) is 24.1. The number of carbonyl (C=O) groups is 2. The van der Waals surface area contributed by atoms with E-state index >= 15 is 0 Å². The molecule has 0 N–H and O–H groups in total. The van der Waals surface area contributed by atoms with Gasteiger partial charge in [-0.3, -0.25) is 9.59 Å². The Morgan fingerprint density at radius 2 is 1.82 bits per heavy atom. The summed E-state index contributed by atoms with van der Waals surface area (Å²) in [5.41, 5.74) is 2.37. The van der Waals surface area contributed by atoms with Crippen LogP contribution in [0.5, 0.6) is 17.2 Å². The Balaban J connectivity index is 1.54. The van der Waals surface area contributed by atoms with Gasteiger partial charge < -0.3 is 14.2 Å². The summed E-state index contributed by atoms with van der Waals surface area (Å²) < 4.78 is 16.5. The molecule has 1 atom stereocenters. The van der Waals surface area contributed by atoms with Crippen molar-refractivity contribution in [3.05, 3.63) is 76.0 Å². The molecular weight excluding hydrogens is 452 g/mol. The number of thiophene rings is 1. The molecule has 4 rings (SSSR count). The van der Waals surface area contributed by atoms with E-state index in [4.69, 9.17) is 14.2 Å². The molecule has 0 aliphatic carbocycles. The topological polar surface area (TPSA) is 77.4 Å². The van der Waals surface area contributed by atoms with Crippen LogP contribution in [0.2, 0.25) is 0 Å². The van der Waals surface area contributed by atoms with Crippen LogP contribution in [-0.2, 0) is 4.79 Å². The van der Waals surface area contributed by atoms with Crippen molar-refractivity contribution in [2.75, 3.05) is 20.8 Å². The molecule has 0 bridgehead atoms. The molecule has 1 aliphatic rings. The third-order valence-electron chi connectivity index (χ3n) is 5.62. The first-order valence-electron chi connectivity index (χ1n) is 11.0. The monoisotopic (exact) mass is 478 g/mol. The first-order chi connectivity index (χ1) is 16.5. The maximum absolute atomic E-state index is 13.2. The lowest BCUT2D eigenvalue weighted by Crippen LogP contribution is -2.31. The maximum Gasteiger partial charge on any atom is 0.281 e. The number of Topliss-reactive ketones (excluding diaryl/α,β-unsaturated/α-hetero) is 1. The lowest BCUT2D eigenvalue weighted by atomic mass is 10.0. The molecule has 3 aromatic rings. The summed E-state index contributed by atoms with van der Waals surface area (Å²) in [6.45, 7) is 1.65. The van der Waals surface area contributed by atoms with Crippen molar-refractivity contribution >= 4 is 28.7 Å².